The molecule has 1 aromatic carbocycles. The highest BCUT2D eigenvalue weighted by Gasteiger charge is 2.26. The van der Waals surface area contributed by atoms with E-state index in [9.17, 15) is 9.18 Å². The number of methoxy groups -OCH3 is 1. The molecular weight excluding hydrogens is 297 g/mol. The van der Waals surface area contributed by atoms with Crippen molar-refractivity contribution in [2.45, 2.75) is 18.9 Å². The van der Waals surface area contributed by atoms with Gasteiger partial charge in [-0.1, -0.05) is 6.07 Å². The molecule has 1 aliphatic carbocycles. The highest BCUT2D eigenvalue weighted by atomic mass is 19.1. The number of nitrogens with one attached hydrogen (secondary N) is 1. The molecule has 1 amide bonds. The summed E-state index contributed by atoms with van der Waals surface area (Å²) in [6, 6.07) is 8.53. The van der Waals surface area contributed by atoms with Gasteiger partial charge >= 0.3 is 0 Å². The van der Waals surface area contributed by atoms with Crippen molar-refractivity contribution >= 4 is 5.91 Å². The molecule has 23 heavy (non-hydrogen) atoms. The number of hydrogen-bond acceptors (Lipinski definition) is 4. The Morgan fingerprint density at radius 2 is 2.30 bits per heavy atom. The van der Waals surface area contributed by atoms with Gasteiger partial charge in [0.15, 0.2) is 11.4 Å². The Morgan fingerprint density at radius 1 is 1.48 bits per heavy atom. The van der Waals surface area contributed by atoms with Crippen molar-refractivity contribution in [2.24, 2.45) is 0 Å². The number of ether oxygens (including phenoxy) is 1. The molecule has 2 aromatic rings. The summed E-state index contributed by atoms with van der Waals surface area (Å²) >= 11 is 0. The lowest BCUT2D eigenvalue weighted by atomic mass is 10.1. The average Bonchev–Trinajstić information content (AvgIpc) is 2.96. The SMILES string of the molecule is COc1cc(F)cnc1C(=O)NC1CCc2cc(C#N)ccc21. The highest BCUT2D eigenvalue weighted by Crippen LogP contribution is 2.32. The Hall–Kier alpha value is -2.94. The van der Waals surface area contributed by atoms with Crippen LogP contribution in [0.25, 0.3) is 0 Å². The summed E-state index contributed by atoms with van der Waals surface area (Å²) in [7, 11) is 1.36. The van der Waals surface area contributed by atoms with Crippen LogP contribution in [0.4, 0.5) is 4.39 Å². The number of pyridine rings is 1. The molecular formula is C17H14FN3O2. The van der Waals surface area contributed by atoms with Gasteiger partial charge in [-0.3, -0.25) is 4.79 Å². The molecule has 1 heterocycles. The lowest BCUT2D eigenvalue weighted by Crippen LogP contribution is -2.28. The second-order valence-corrected chi connectivity index (χ2v) is 5.29. The van der Waals surface area contributed by atoms with E-state index in [2.05, 4.69) is 16.4 Å². The van der Waals surface area contributed by atoms with Gasteiger partial charge in [0, 0.05) is 6.07 Å². The fourth-order valence-corrected chi connectivity index (χ4v) is 2.81. The molecule has 0 bridgehead atoms. The minimum atomic E-state index is -0.561. The van der Waals surface area contributed by atoms with Gasteiger partial charge in [0.1, 0.15) is 5.82 Å². The fourth-order valence-electron chi connectivity index (χ4n) is 2.81. The molecule has 1 atom stereocenters. The van der Waals surface area contributed by atoms with Gasteiger partial charge in [0.05, 0.1) is 31.0 Å². The van der Waals surface area contributed by atoms with Gasteiger partial charge in [-0.15, -0.1) is 0 Å². The zero-order chi connectivity index (χ0) is 16.4. The number of carbonyl (C=O) groups excluding carboxylic acids is 1. The summed E-state index contributed by atoms with van der Waals surface area (Å²) in [6.07, 6.45) is 2.53. The summed E-state index contributed by atoms with van der Waals surface area (Å²) in [6.45, 7) is 0. The maximum Gasteiger partial charge on any atom is 0.274 e. The number of amides is 1. The van der Waals surface area contributed by atoms with Crippen LogP contribution >= 0.6 is 0 Å². The van der Waals surface area contributed by atoms with Gasteiger partial charge in [0.2, 0.25) is 0 Å². The van der Waals surface area contributed by atoms with Crippen LogP contribution in [0.5, 0.6) is 5.75 Å². The Labute approximate surface area is 132 Å². The average molecular weight is 311 g/mol. The monoisotopic (exact) mass is 311 g/mol. The van der Waals surface area contributed by atoms with Crippen LogP contribution in [-0.2, 0) is 6.42 Å². The van der Waals surface area contributed by atoms with E-state index in [0.29, 0.717) is 5.56 Å². The number of nitrogens with zero attached hydrogens (tertiary/aromatic N) is 2. The molecule has 1 N–H and O–H groups in total. The maximum absolute atomic E-state index is 13.2. The molecule has 3 rings (SSSR count). The van der Waals surface area contributed by atoms with Crippen molar-refractivity contribution < 1.29 is 13.9 Å². The third kappa shape index (κ3) is 2.86. The number of aromatic nitrogens is 1. The first kappa shape index (κ1) is 15.0. The molecule has 0 saturated carbocycles. The van der Waals surface area contributed by atoms with Crippen molar-refractivity contribution in [1.82, 2.24) is 10.3 Å². The molecule has 116 valence electrons. The predicted octanol–water partition coefficient (Wildman–Crippen LogP) is 2.52. The van der Waals surface area contributed by atoms with Crippen LogP contribution in [0.3, 0.4) is 0 Å². The van der Waals surface area contributed by atoms with E-state index in [0.717, 1.165) is 36.2 Å². The number of hydrogen-bond donors (Lipinski definition) is 1. The lowest BCUT2D eigenvalue weighted by Gasteiger charge is -2.15. The van der Waals surface area contributed by atoms with Gasteiger partial charge < -0.3 is 10.1 Å². The second-order valence-electron chi connectivity index (χ2n) is 5.29. The number of benzene rings is 1. The molecule has 0 aliphatic heterocycles. The Morgan fingerprint density at radius 3 is 3.04 bits per heavy atom. The number of aryl methyl sites for hydroxylation is 1. The largest absolute Gasteiger partial charge is 0.494 e. The maximum atomic E-state index is 13.2. The number of rotatable bonds is 3. The van der Waals surface area contributed by atoms with Crippen molar-refractivity contribution in [3.05, 3.63) is 58.7 Å². The smallest absolute Gasteiger partial charge is 0.274 e. The van der Waals surface area contributed by atoms with Crippen LogP contribution in [0.15, 0.2) is 30.5 Å². The Balaban J connectivity index is 1.82. The van der Waals surface area contributed by atoms with Crippen molar-refractivity contribution in [3.63, 3.8) is 0 Å². The Kier molecular flexibility index (Phi) is 3.94. The zero-order valence-electron chi connectivity index (χ0n) is 12.5. The summed E-state index contributed by atoms with van der Waals surface area (Å²) in [5.41, 5.74) is 2.72. The summed E-state index contributed by atoms with van der Waals surface area (Å²) in [5, 5.41) is 11.8. The number of fused-ring (bicyclic) bond motifs is 1. The summed E-state index contributed by atoms with van der Waals surface area (Å²) < 4.78 is 18.2. The molecule has 0 saturated heterocycles. The van der Waals surface area contributed by atoms with Crippen LogP contribution < -0.4 is 10.1 Å². The Bertz CT molecular complexity index is 814. The van der Waals surface area contributed by atoms with E-state index < -0.39 is 11.7 Å². The van der Waals surface area contributed by atoms with Crippen LogP contribution in [0, 0.1) is 17.1 Å². The van der Waals surface area contributed by atoms with E-state index in [1.54, 1.807) is 6.07 Å². The lowest BCUT2D eigenvalue weighted by molar-refractivity contribution is 0.0928. The number of nitriles is 1. The standard InChI is InChI=1S/C17H14FN3O2/c1-23-15-7-12(18)9-20-16(15)17(22)21-14-5-3-11-6-10(8-19)2-4-13(11)14/h2,4,6-7,9,14H,3,5H2,1H3,(H,21,22). The van der Waals surface area contributed by atoms with Gasteiger partial charge in [-0.25, -0.2) is 9.37 Å². The van der Waals surface area contributed by atoms with Crippen LogP contribution in [0.1, 0.15) is 39.6 Å². The summed E-state index contributed by atoms with van der Waals surface area (Å²) in [4.78, 5) is 16.2. The molecule has 1 aliphatic rings. The van der Waals surface area contributed by atoms with E-state index >= 15 is 0 Å². The van der Waals surface area contributed by atoms with Gasteiger partial charge in [0.25, 0.3) is 5.91 Å². The van der Waals surface area contributed by atoms with Crippen molar-refractivity contribution in [1.29, 1.82) is 5.26 Å². The number of carbonyl (C=O) groups is 1. The third-order valence-electron chi connectivity index (χ3n) is 3.91. The first-order chi connectivity index (χ1) is 11.1. The van der Waals surface area contributed by atoms with E-state index in [-0.39, 0.29) is 17.5 Å². The minimum Gasteiger partial charge on any atom is -0.494 e. The van der Waals surface area contributed by atoms with Gasteiger partial charge in [-0.2, -0.15) is 5.26 Å². The first-order valence-electron chi connectivity index (χ1n) is 7.15. The van der Waals surface area contributed by atoms with Crippen LogP contribution in [0.2, 0.25) is 0 Å². The quantitative estimate of drug-likeness (QED) is 0.945. The van der Waals surface area contributed by atoms with Gasteiger partial charge in [-0.05, 0) is 36.1 Å². The van der Waals surface area contributed by atoms with E-state index in [4.69, 9.17) is 10.00 Å². The van der Waals surface area contributed by atoms with E-state index in [1.807, 2.05) is 12.1 Å². The predicted molar refractivity (Wildman–Crippen MR) is 80.4 cm³/mol. The minimum absolute atomic E-state index is 0.0518. The zero-order valence-corrected chi connectivity index (χ0v) is 12.5. The topological polar surface area (TPSA) is 75.0 Å². The molecule has 1 unspecified atom stereocenters. The first-order valence-corrected chi connectivity index (χ1v) is 7.15. The van der Waals surface area contributed by atoms with Crippen LogP contribution in [-0.4, -0.2) is 18.0 Å². The summed E-state index contributed by atoms with van der Waals surface area (Å²) in [5.74, 6) is -0.877. The molecule has 0 spiro atoms. The van der Waals surface area contributed by atoms with Crippen molar-refractivity contribution in [2.75, 3.05) is 7.11 Å². The normalized spacial score (nSPS) is 15.6. The second kappa shape index (κ2) is 6.05. The molecule has 5 nitrogen and oxygen atoms in total. The molecule has 1 aromatic heterocycles. The fraction of sp³-hybridized carbons (Fsp3) is 0.235. The third-order valence-corrected chi connectivity index (χ3v) is 3.91. The molecule has 0 fully saturated rings. The highest BCUT2D eigenvalue weighted by molar-refractivity contribution is 5.95. The van der Waals surface area contributed by atoms with E-state index in [1.165, 1.54) is 7.11 Å². The molecule has 6 heteroatoms. The molecule has 0 radical (unpaired) electrons. The number of halogens is 1. The van der Waals surface area contributed by atoms with Crippen molar-refractivity contribution in [3.8, 4) is 11.8 Å².